The Labute approximate surface area is 166 Å². The van der Waals surface area contributed by atoms with Gasteiger partial charge in [-0.2, -0.15) is 0 Å². The van der Waals surface area contributed by atoms with E-state index in [-0.39, 0.29) is 17.7 Å². The van der Waals surface area contributed by atoms with E-state index in [0.29, 0.717) is 28.0 Å². The normalized spacial score (nSPS) is 16.7. The zero-order valence-corrected chi connectivity index (χ0v) is 16.5. The van der Waals surface area contributed by atoms with Crippen LogP contribution >= 0.6 is 15.9 Å². The summed E-state index contributed by atoms with van der Waals surface area (Å²) < 4.78 is 5.84. The molecule has 3 rings (SSSR count). The molecular formula is C19H21BrN4O3. The summed E-state index contributed by atoms with van der Waals surface area (Å²) >= 11 is 3.38. The van der Waals surface area contributed by atoms with Crippen LogP contribution in [0, 0.1) is 5.92 Å². The van der Waals surface area contributed by atoms with Crippen molar-refractivity contribution in [3.8, 4) is 5.75 Å². The van der Waals surface area contributed by atoms with Gasteiger partial charge in [0, 0.05) is 17.6 Å². The van der Waals surface area contributed by atoms with Crippen molar-refractivity contribution in [2.24, 2.45) is 11.7 Å². The Hall–Kier alpha value is -2.61. The first-order chi connectivity index (χ1) is 13.0. The molecular weight excluding hydrogens is 412 g/mol. The average molecular weight is 433 g/mol. The number of nitrogens with one attached hydrogen (secondary N) is 1. The van der Waals surface area contributed by atoms with Crippen LogP contribution in [0.15, 0.2) is 41.0 Å². The molecule has 7 nitrogen and oxygen atoms in total. The summed E-state index contributed by atoms with van der Waals surface area (Å²) in [6.45, 7) is 1.41. The molecule has 0 saturated carbocycles. The van der Waals surface area contributed by atoms with Gasteiger partial charge in [-0.3, -0.25) is 9.59 Å². The molecule has 1 unspecified atom stereocenters. The van der Waals surface area contributed by atoms with Crippen molar-refractivity contribution in [1.29, 1.82) is 0 Å². The van der Waals surface area contributed by atoms with Gasteiger partial charge in [0.1, 0.15) is 11.6 Å². The average Bonchev–Trinajstić information content (AvgIpc) is 2.69. The minimum Gasteiger partial charge on any atom is -0.497 e. The summed E-state index contributed by atoms with van der Waals surface area (Å²) in [5.41, 5.74) is 6.48. The predicted molar refractivity (Wildman–Crippen MR) is 107 cm³/mol. The number of carbonyl (C=O) groups is 2. The fourth-order valence-corrected chi connectivity index (χ4v) is 3.49. The molecule has 1 aliphatic heterocycles. The molecule has 0 bridgehead atoms. The van der Waals surface area contributed by atoms with E-state index in [9.17, 15) is 9.59 Å². The van der Waals surface area contributed by atoms with Crippen molar-refractivity contribution in [2.75, 3.05) is 30.4 Å². The number of amides is 2. The first-order valence-corrected chi connectivity index (χ1v) is 9.42. The third-order valence-electron chi connectivity index (χ3n) is 4.57. The monoisotopic (exact) mass is 432 g/mol. The number of methoxy groups -OCH3 is 1. The Balaban J connectivity index is 1.69. The number of ether oxygens (including phenoxy) is 1. The fraction of sp³-hybridized carbons (Fsp3) is 0.316. The van der Waals surface area contributed by atoms with E-state index in [0.717, 1.165) is 25.2 Å². The summed E-state index contributed by atoms with van der Waals surface area (Å²) in [4.78, 5) is 30.4. The summed E-state index contributed by atoms with van der Waals surface area (Å²) in [6.07, 6.45) is 3.32. The third-order valence-corrected chi connectivity index (χ3v) is 5.26. The maximum Gasteiger partial charge on any atom is 0.256 e. The molecule has 2 amide bonds. The summed E-state index contributed by atoms with van der Waals surface area (Å²) in [6, 6.07) is 8.83. The Bertz CT molecular complexity index is 841. The maximum absolute atomic E-state index is 12.5. The van der Waals surface area contributed by atoms with E-state index in [1.165, 1.54) is 0 Å². The van der Waals surface area contributed by atoms with Gasteiger partial charge in [-0.25, -0.2) is 4.98 Å². The topological polar surface area (TPSA) is 97.5 Å². The SMILES string of the molecule is COc1ccc(Br)c(C(=O)Nc2ccc(N3CCCC(C(N)=O)C3)nc2)c1. The van der Waals surface area contributed by atoms with Gasteiger partial charge in [-0.1, -0.05) is 0 Å². The zero-order chi connectivity index (χ0) is 19.4. The quantitative estimate of drug-likeness (QED) is 0.756. The number of piperidine rings is 1. The van der Waals surface area contributed by atoms with E-state index in [2.05, 4.69) is 26.2 Å². The van der Waals surface area contributed by atoms with Crippen LogP contribution in [0.1, 0.15) is 23.2 Å². The van der Waals surface area contributed by atoms with Crippen molar-refractivity contribution < 1.29 is 14.3 Å². The summed E-state index contributed by atoms with van der Waals surface area (Å²) in [5.74, 6) is 0.687. The number of nitrogens with two attached hydrogens (primary N) is 1. The van der Waals surface area contributed by atoms with Crippen molar-refractivity contribution in [3.05, 3.63) is 46.6 Å². The highest BCUT2D eigenvalue weighted by atomic mass is 79.9. The van der Waals surface area contributed by atoms with Gasteiger partial charge in [0.2, 0.25) is 5.91 Å². The van der Waals surface area contributed by atoms with Crippen molar-refractivity contribution in [3.63, 3.8) is 0 Å². The lowest BCUT2D eigenvalue weighted by Crippen LogP contribution is -2.41. The van der Waals surface area contributed by atoms with E-state index in [1.54, 1.807) is 37.6 Å². The predicted octanol–water partition coefficient (Wildman–Crippen LogP) is 2.81. The van der Waals surface area contributed by atoms with Gasteiger partial charge in [-0.05, 0) is 59.1 Å². The lowest BCUT2D eigenvalue weighted by molar-refractivity contribution is -0.122. The van der Waals surface area contributed by atoms with Gasteiger partial charge in [-0.15, -0.1) is 0 Å². The molecule has 1 atom stereocenters. The van der Waals surface area contributed by atoms with Crippen LogP contribution in [-0.2, 0) is 4.79 Å². The molecule has 1 aliphatic rings. The number of halogens is 1. The van der Waals surface area contributed by atoms with Crippen LogP contribution in [0.2, 0.25) is 0 Å². The largest absolute Gasteiger partial charge is 0.497 e. The fourth-order valence-electron chi connectivity index (χ4n) is 3.07. The number of aromatic nitrogens is 1. The summed E-state index contributed by atoms with van der Waals surface area (Å²) in [5, 5.41) is 2.83. The Morgan fingerprint density at radius 3 is 2.81 bits per heavy atom. The van der Waals surface area contributed by atoms with Gasteiger partial charge < -0.3 is 20.7 Å². The lowest BCUT2D eigenvalue weighted by Gasteiger charge is -2.32. The Kier molecular flexibility index (Phi) is 5.95. The minimum absolute atomic E-state index is 0.148. The number of nitrogens with zero attached hydrogens (tertiary/aromatic N) is 2. The number of hydrogen-bond donors (Lipinski definition) is 2. The van der Waals surface area contributed by atoms with E-state index in [1.807, 2.05) is 11.0 Å². The number of hydrogen-bond acceptors (Lipinski definition) is 5. The van der Waals surface area contributed by atoms with Crippen LogP contribution in [-0.4, -0.2) is 37.0 Å². The van der Waals surface area contributed by atoms with Gasteiger partial charge in [0.25, 0.3) is 5.91 Å². The van der Waals surface area contributed by atoms with E-state index in [4.69, 9.17) is 10.5 Å². The molecule has 3 N–H and O–H groups in total. The van der Waals surface area contributed by atoms with E-state index < -0.39 is 0 Å². The molecule has 0 radical (unpaired) electrons. The van der Waals surface area contributed by atoms with Gasteiger partial charge >= 0.3 is 0 Å². The molecule has 0 spiro atoms. The Morgan fingerprint density at radius 1 is 1.33 bits per heavy atom. The maximum atomic E-state index is 12.5. The lowest BCUT2D eigenvalue weighted by atomic mass is 9.97. The molecule has 8 heteroatoms. The number of anilines is 2. The molecule has 1 aromatic carbocycles. The minimum atomic E-state index is -0.271. The van der Waals surface area contributed by atoms with Crippen LogP contribution in [0.25, 0.3) is 0 Å². The standard InChI is InChI=1S/C19H21BrN4O3/c1-27-14-5-6-16(20)15(9-14)19(26)23-13-4-7-17(22-10-13)24-8-2-3-12(11-24)18(21)25/h4-7,9-10,12H,2-3,8,11H2,1H3,(H2,21,25)(H,23,26). The zero-order valence-electron chi connectivity index (χ0n) is 14.9. The number of rotatable bonds is 5. The first-order valence-electron chi connectivity index (χ1n) is 8.63. The molecule has 142 valence electrons. The van der Waals surface area contributed by atoms with Crippen LogP contribution < -0.4 is 20.7 Å². The Morgan fingerprint density at radius 2 is 2.15 bits per heavy atom. The van der Waals surface area contributed by atoms with Crippen LogP contribution in [0.5, 0.6) is 5.75 Å². The van der Waals surface area contributed by atoms with Crippen LogP contribution in [0.4, 0.5) is 11.5 Å². The number of primary amides is 1. The number of pyridine rings is 1. The second-order valence-corrected chi connectivity index (χ2v) is 7.25. The number of benzene rings is 1. The van der Waals surface area contributed by atoms with Gasteiger partial charge in [0.05, 0.1) is 30.5 Å². The van der Waals surface area contributed by atoms with Crippen molar-refractivity contribution in [2.45, 2.75) is 12.8 Å². The molecule has 0 aliphatic carbocycles. The van der Waals surface area contributed by atoms with Crippen LogP contribution in [0.3, 0.4) is 0 Å². The second kappa shape index (κ2) is 8.39. The molecule has 1 fully saturated rings. The molecule has 27 heavy (non-hydrogen) atoms. The number of carbonyl (C=O) groups excluding carboxylic acids is 2. The van der Waals surface area contributed by atoms with Gasteiger partial charge in [0.15, 0.2) is 0 Å². The highest BCUT2D eigenvalue weighted by Crippen LogP contribution is 2.25. The third kappa shape index (κ3) is 4.57. The molecule has 2 heterocycles. The first kappa shape index (κ1) is 19.2. The molecule has 1 saturated heterocycles. The molecule has 2 aromatic rings. The smallest absolute Gasteiger partial charge is 0.256 e. The summed E-state index contributed by atoms with van der Waals surface area (Å²) in [7, 11) is 1.55. The second-order valence-electron chi connectivity index (χ2n) is 6.39. The highest BCUT2D eigenvalue weighted by molar-refractivity contribution is 9.10. The van der Waals surface area contributed by atoms with E-state index >= 15 is 0 Å². The highest BCUT2D eigenvalue weighted by Gasteiger charge is 2.24. The van der Waals surface area contributed by atoms with Crippen molar-refractivity contribution >= 4 is 39.2 Å². The van der Waals surface area contributed by atoms with Crippen molar-refractivity contribution in [1.82, 2.24) is 4.98 Å². The molecule has 1 aromatic heterocycles.